The van der Waals surface area contributed by atoms with E-state index in [4.69, 9.17) is 9.15 Å². The second-order valence-electron chi connectivity index (χ2n) is 6.63. The highest BCUT2D eigenvalue weighted by Gasteiger charge is 2.13. The molecule has 0 N–H and O–H groups in total. The predicted molar refractivity (Wildman–Crippen MR) is 115 cm³/mol. The minimum Gasteiger partial charge on any atom is -0.464 e. The number of carbonyl (C=O) groups excluding carboxylic acids is 1. The summed E-state index contributed by atoms with van der Waals surface area (Å²) in [6.07, 6.45) is 2.92. The van der Waals surface area contributed by atoms with Crippen LogP contribution in [0.4, 0.5) is 0 Å². The third kappa shape index (κ3) is 4.75. The summed E-state index contributed by atoms with van der Waals surface area (Å²) in [7, 11) is 0. The van der Waals surface area contributed by atoms with Gasteiger partial charge in [0.2, 0.25) is 11.2 Å². The average Bonchev–Trinajstić information content (AvgIpc) is 2.74. The SMILES string of the molecule is Cc1ccnc(SCc2cc(=O)c(OC(=O)Cc3cccc4ccccc34)co2)n1. The van der Waals surface area contributed by atoms with E-state index in [1.54, 1.807) is 6.20 Å². The largest absolute Gasteiger partial charge is 0.464 e. The van der Waals surface area contributed by atoms with Gasteiger partial charge in [-0.2, -0.15) is 0 Å². The molecular formula is C23H18N2O4S. The van der Waals surface area contributed by atoms with Crippen molar-refractivity contribution in [1.29, 1.82) is 0 Å². The molecule has 0 saturated heterocycles. The topological polar surface area (TPSA) is 82.3 Å². The number of benzene rings is 2. The molecule has 0 saturated carbocycles. The second-order valence-corrected chi connectivity index (χ2v) is 7.58. The van der Waals surface area contributed by atoms with E-state index >= 15 is 0 Å². The molecular weight excluding hydrogens is 400 g/mol. The molecule has 0 aliphatic rings. The van der Waals surface area contributed by atoms with Crippen molar-refractivity contribution in [3.05, 3.63) is 94.3 Å². The summed E-state index contributed by atoms with van der Waals surface area (Å²) in [5, 5.41) is 2.62. The van der Waals surface area contributed by atoms with Gasteiger partial charge in [0, 0.05) is 18.0 Å². The Labute approximate surface area is 176 Å². The Morgan fingerprint density at radius 2 is 1.97 bits per heavy atom. The minimum absolute atomic E-state index is 0.0586. The fourth-order valence-corrected chi connectivity index (χ4v) is 3.75. The minimum atomic E-state index is -0.520. The van der Waals surface area contributed by atoms with Gasteiger partial charge in [0.1, 0.15) is 12.0 Å². The van der Waals surface area contributed by atoms with E-state index in [1.165, 1.54) is 24.1 Å². The number of aryl methyl sites for hydroxylation is 1. The highest BCUT2D eigenvalue weighted by molar-refractivity contribution is 7.98. The summed E-state index contributed by atoms with van der Waals surface area (Å²) in [5.41, 5.74) is 1.30. The van der Waals surface area contributed by atoms with E-state index in [2.05, 4.69) is 9.97 Å². The number of thioether (sulfide) groups is 1. The molecule has 30 heavy (non-hydrogen) atoms. The van der Waals surface area contributed by atoms with E-state index in [0.717, 1.165) is 22.0 Å². The van der Waals surface area contributed by atoms with Crippen LogP contribution in [-0.2, 0) is 17.0 Å². The van der Waals surface area contributed by atoms with Crippen molar-refractivity contribution in [2.24, 2.45) is 0 Å². The Morgan fingerprint density at radius 1 is 1.13 bits per heavy atom. The Bertz CT molecular complexity index is 1260. The lowest BCUT2D eigenvalue weighted by molar-refractivity contribution is -0.133. The Hall–Kier alpha value is -3.45. The first-order valence-electron chi connectivity index (χ1n) is 9.30. The molecule has 2 aromatic heterocycles. The smallest absolute Gasteiger partial charge is 0.315 e. The highest BCUT2D eigenvalue weighted by Crippen LogP contribution is 2.21. The van der Waals surface area contributed by atoms with Gasteiger partial charge in [0.15, 0.2) is 5.16 Å². The molecule has 2 aromatic carbocycles. The molecule has 0 atom stereocenters. The second kappa shape index (κ2) is 8.92. The monoisotopic (exact) mass is 418 g/mol. The van der Waals surface area contributed by atoms with Gasteiger partial charge < -0.3 is 9.15 Å². The van der Waals surface area contributed by atoms with Gasteiger partial charge in [0.25, 0.3) is 0 Å². The molecule has 0 spiro atoms. The summed E-state index contributed by atoms with van der Waals surface area (Å²) in [6, 6.07) is 16.7. The first-order chi connectivity index (χ1) is 14.6. The zero-order valence-electron chi connectivity index (χ0n) is 16.2. The lowest BCUT2D eigenvalue weighted by Gasteiger charge is -2.07. The first kappa shape index (κ1) is 19.8. The fourth-order valence-electron chi connectivity index (χ4n) is 2.98. The van der Waals surface area contributed by atoms with E-state index in [9.17, 15) is 9.59 Å². The molecule has 150 valence electrons. The maximum Gasteiger partial charge on any atom is 0.315 e. The molecule has 0 amide bonds. The van der Waals surface area contributed by atoms with Crippen LogP contribution in [0.1, 0.15) is 17.0 Å². The lowest BCUT2D eigenvalue weighted by Crippen LogP contribution is -2.16. The number of nitrogens with zero attached hydrogens (tertiary/aromatic N) is 2. The Kier molecular flexibility index (Phi) is 5.90. The number of rotatable bonds is 6. The lowest BCUT2D eigenvalue weighted by atomic mass is 10.0. The summed E-state index contributed by atoms with van der Waals surface area (Å²) >= 11 is 1.36. The van der Waals surface area contributed by atoms with Crippen LogP contribution in [0.5, 0.6) is 5.75 Å². The predicted octanol–water partition coefficient (Wildman–Crippen LogP) is 4.33. The van der Waals surface area contributed by atoms with Crippen LogP contribution < -0.4 is 10.2 Å². The third-order valence-electron chi connectivity index (χ3n) is 4.41. The molecule has 0 bridgehead atoms. The summed E-state index contributed by atoms with van der Waals surface area (Å²) in [6.45, 7) is 1.88. The van der Waals surface area contributed by atoms with Crippen LogP contribution in [0.3, 0.4) is 0 Å². The van der Waals surface area contributed by atoms with Crippen molar-refractivity contribution in [2.75, 3.05) is 0 Å². The molecule has 2 heterocycles. The van der Waals surface area contributed by atoms with Crippen molar-refractivity contribution in [3.8, 4) is 5.75 Å². The Balaban J connectivity index is 1.42. The third-order valence-corrected chi connectivity index (χ3v) is 5.29. The maximum absolute atomic E-state index is 12.4. The number of hydrogen-bond acceptors (Lipinski definition) is 7. The number of fused-ring (bicyclic) bond motifs is 1. The quantitative estimate of drug-likeness (QED) is 0.262. The molecule has 6 nitrogen and oxygen atoms in total. The number of carbonyl (C=O) groups is 1. The summed E-state index contributed by atoms with van der Waals surface area (Å²) in [4.78, 5) is 33.2. The molecule has 7 heteroatoms. The molecule has 4 rings (SSSR count). The van der Waals surface area contributed by atoms with Crippen LogP contribution in [0.15, 0.2) is 81.4 Å². The number of esters is 1. The van der Waals surface area contributed by atoms with Crippen LogP contribution in [0.2, 0.25) is 0 Å². The van der Waals surface area contributed by atoms with Gasteiger partial charge in [-0.05, 0) is 29.3 Å². The van der Waals surface area contributed by atoms with Crippen molar-refractivity contribution >= 4 is 28.5 Å². The molecule has 0 aliphatic carbocycles. The molecule has 0 aliphatic heterocycles. The standard InChI is InChI=1S/C23H18N2O4S/c1-15-9-10-24-23(25-15)30-14-18-12-20(26)21(13-28-18)29-22(27)11-17-7-4-6-16-5-2-3-8-19(16)17/h2-10,12-13H,11,14H2,1H3. The van der Waals surface area contributed by atoms with Crippen molar-refractivity contribution in [3.63, 3.8) is 0 Å². The van der Waals surface area contributed by atoms with Gasteiger partial charge in [-0.3, -0.25) is 9.59 Å². The van der Waals surface area contributed by atoms with E-state index in [0.29, 0.717) is 16.7 Å². The van der Waals surface area contributed by atoms with Gasteiger partial charge in [-0.25, -0.2) is 9.97 Å². The molecule has 0 fully saturated rings. The summed E-state index contributed by atoms with van der Waals surface area (Å²) < 4.78 is 10.7. The molecule has 0 unspecified atom stereocenters. The van der Waals surface area contributed by atoms with Crippen LogP contribution in [0.25, 0.3) is 10.8 Å². The normalized spacial score (nSPS) is 10.8. The number of ether oxygens (including phenoxy) is 1. The fraction of sp³-hybridized carbons (Fsp3) is 0.130. The number of aromatic nitrogens is 2. The van der Waals surface area contributed by atoms with Gasteiger partial charge in [-0.1, -0.05) is 54.2 Å². The zero-order valence-corrected chi connectivity index (χ0v) is 17.0. The molecule has 4 aromatic rings. The summed E-state index contributed by atoms with van der Waals surface area (Å²) in [5.74, 6) is 0.196. The molecule has 0 radical (unpaired) electrons. The van der Waals surface area contributed by atoms with Crippen molar-refractivity contribution < 1.29 is 13.9 Å². The van der Waals surface area contributed by atoms with E-state index < -0.39 is 11.4 Å². The zero-order chi connectivity index (χ0) is 20.9. The van der Waals surface area contributed by atoms with Crippen molar-refractivity contribution in [1.82, 2.24) is 9.97 Å². The van der Waals surface area contributed by atoms with E-state index in [-0.39, 0.29) is 12.2 Å². The van der Waals surface area contributed by atoms with Crippen LogP contribution in [0, 0.1) is 6.92 Å². The number of hydrogen-bond donors (Lipinski definition) is 0. The highest BCUT2D eigenvalue weighted by atomic mass is 32.2. The van der Waals surface area contributed by atoms with Gasteiger partial charge >= 0.3 is 5.97 Å². The Morgan fingerprint density at radius 3 is 2.80 bits per heavy atom. The maximum atomic E-state index is 12.4. The average molecular weight is 418 g/mol. The van der Waals surface area contributed by atoms with E-state index in [1.807, 2.05) is 55.5 Å². The first-order valence-corrected chi connectivity index (χ1v) is 10.3. The van der Waals surface area contributed by atoms with Crippen molar-refractivity contribution in [2.45, 2.75) is 24.3 Å². The van der Waals surface area contributed by atoms with Crippen LogP contribution >= 0.6 is 11.8 Å². The van der Waals surface area contributed by atoms with Gasteiger partial charge in [-0.15, -0.1) is 0 Å². The van der Waals surface area contributed by atoms with Gasteiger partial charge in [0.05, 0.1) is 12.2 Å². The van der Waals surface area contributed by atoms with Crippen LogP contribution in [-0.4, -0.2) is 15.9 Å².